The molecule has 1 aromatic carbocycles. The van der Waals surface area contributed by atoms with Crippen LogP contribution < -0.4 is 19.5 Å². The predicted molar refractivity (Wildman–Crippen MR) is 95.7 cm³/mol. The highest BCUT2D eigenvalue weighted by Gasteiger charge is 2.35. The lowest BCUT2D eigenvalue weighted by Gasteiger charge is -2.21. The molecule has 0 heterocycles. The van der Waals surface area contributed by atoms with Gasteiger partial charge in [0.25, 0.3) is 5.91 Å². The van der Waals surface area contributed by atoms with Crippen molar-refractivity contribution in [2.24, 2.45) is 0 Å². The van der Waals surface area contributed by atoms with Gasteiger partial charge in [-0.15, -0.1) is 0 Å². The Kier molecular flexibility index (Phi) is 6.88. The third-order valence-corrected chi connectivity index (χ3v) is 4.49. The third kappa shape index (κ3) is 5.03. The minimum Gasteiger partial charge on any atom is -0.493 e. The number of ether oxygens (including phenoxy) is 4. The number of rotatable bonds is 8. The molecule has 0 aliphatic heterocycles. The molecule has 0 atom stereocenters. The van der Waals surface area contributed by atoms with Gasteiger partial charge >= 0.3 is 5.97 Å². The zero-order valence-corrected chi connectivity index (χ0v) is 15.8. The summed E-state index contributed by atoms with van der Waals surface area (Å²) in [7, 11) is 4.46. The van der Waals surface area contributed by atoms with E-state index in [0.717, 1.165) is 12.8 Å². The minimum atomic E-state index is -0.833. The van der Waals surface area contributed by atoms with Crippen molar-refractivity contribution < 1.29 is 28.5 Å². The topological polar surface area (TPSA) is 107 Å². The van der Waals surface area contributed by atoms with Gasteiger partial charge in [-0.3, -0.25) is 9.59 Å². The van der Waals surface area contributed by atoms with Crippen molar-refractivity contribution in [3.63, 3.8) is 0 Å². The molecule has 0 unspecified atom stereocenters. The number of methoxy groups -OCH3 is 3. The van der Waals surface area contributed by atoms with Crippen LogP contribution in [0.4, 0.5) is 0 Å². The van der Waals surface area contributed by atoms with Crippen molar-refractivity contribution in [3.8, 4) is 23.3 Å². The Labute approximate surface area is 158 Å². The Balaban J connectivity index is 1.94. The smallest absolute Gasteiger partial charge is 0.310 e. The van der Waals surface area contributed by atoms with Crippen LogP contribution in [0.5, 0.6) is 17.2 Å². The molecule has 8 nitrogen and oxygen atoms in total. The summed E-state index contributed by atoms with van der Waals surface area (Å²) in [5, 5.41) is 12.0. The van der Waals surface area contributed by atoms with E-state index in [0.29, 0.717) is 35.7 Å². The SMILES string of the molecule is COc1cc(CC(=O)OCC(=O)NC2(C#N)CCCC2)cc(OC)c1OC. The van der Waals surface area contributed by atoms with Crippen molar-refractivity contribution >= 4 is 11.9 Å². The summed E-state index contributed by atoms with van der Waals surface area (Å²) in [4.78, 5) is 24.1. The molecule has 1 aliphatic rings. The average Bonchev–Trinajstić information content (AvgIpc) is 3.14. The summed E-state index contributed by atoms with van der Waals surface area (Å²) >= 11 is 0. The Morgan fingerprint density at radius 3 is 2.19 bits per heavy atom. The summed E-state index contributed by atoms with van der Waals surface area (Å²) in [6.07, 6.45) is 2.97. The van der Waals surface area contributed by atoms with Crippen molar-refractivity contribution in [3.05, 3.63) is 17.7 Å². The molecular formula is C19H24N2O6. The van der Waals surface area contributed by atoms with Gasteiger partial charge in [-0.2, -0.15) is 5.26 Å². The summed E-state index contributed by atoms with van der Waals surface area (Å²) in [5.41, 5.74) is -0.237. The molecule has 1 saturated carbocycles. The first-order valence-corrected chi connectivity index (χ1v) is 8.63. The average molecular weight is 376 g/mol. The summed E-state index contributed by atoms with van der Waals surface area (Å²) in [6.45, 7) is -0.424. The van der Waals surface area contributed by atoms with Crippen molar-refractivity contribution in [2.75, 3.05) is 27.9 Å². The Morgan fingerprint density at radius 1 is 1.11 bits per heavy atom. The molecule has 0 bridgehead atoms. The fourth-order valence-electron chi connectivity index (χ4n) is 3.15. The maximum atomic E-state index is 12.1. The van der Waals surface area contributed by atoms with E-state index >= 15 is 0 Å². The van der Waals surface area contributed by atoms with Crippen LogP contribution in [0.1, 0.15) is 31.2 Å². The highest BCUT2D eigenvalue weighted by molar-refractivity contribution is 5.82. The molecule has 146 valence electrons. The van der Waals surface area contributed by atoms with E-state index < -0.39 is 24.0 Å². The fraction of sp³-hybridized carbons (Fsp3) is 0.526. The summed E-state index contributed by atoms with van der Waals surface area (Å²) in [6, 6.07) is 5.45. The first-order valence-electron chi connectivity index (χ1n) is 8.63. The van der Waals surface area contributed by atoms with Crippen LogP contribution in [-0.4, -0.2) is 45.4 Å². The monoisotopic (exact) mass is 376 g/mol. The van der Waals surface area contributed by atoms with E-state index in [1.54, 1.807) is 12.1 Å². The number of carbonyl (C=O) groups is 2. The first-order chi connectivity index (χ1) is 13.0. The van der Waals surface area contributed by atoms with E-state index in [1.807, 2.05) is 0 Å². The van der Waals surface area contributed by atoms with Gasteiger partial charge in [-0.1, -0.05) is 0 Å². The number of hydrogen-bond donors (Lipinski definition) is 1. The Bertz CT molecular complexity index is 709. The van der Waals surface area contributed by atoms with Crippen molar-refractivity contribution in [1.29, 1.82) is 5.26 Å². The number of nitriles is 1. The predicted octanol–water partition coefficient (Wildman–Crippen LogP) is 1.75. The molecule has 1 aromatic rings. The highest BCUT2D eigenvalue weighted by atomic mass is 16.5. The number of esters is 1. The van der Waals surface area contributed by atoms with Gasteiger partial charge in [-0.25, -0.2) is 0 Å². The molecule has 0 aromatic heterocycles. The second kappa shape index (κ2) is 9.12. The largest absolute Gasteiger partial charge is 0.493 e. The van der Waals surface area contributed by atoms with E-state index in [2.05, 4.69) is 11.4 Å². The molecule has 1 N–H and O–H groups in total. The number of amides is 1. The molecule has 8 heteroatoms. The van der Waals surface area contributed by atoms with Gasteiger partial charge in [0.2, 0.25) is 5.75 Å². The number of nitrogens with one attached hydrogen (secondary N) is 1. The van der Waals surface area contributed by atoms with Crippen molar-refractivity contribution in [1.82, 2.24) is 5.32 Å². The van der Waals surface area contributed by atoms with Crippen LogP contribution in [0.15, 0.2) is 12.1 Å². The lowest BCUT2D eigenvalue weighted by Crippen LogP contribution is -2.46. The normalized spacial score (nSPS) is 14.7. The molecule has 1 amide bonds. The highest BCUT2D eigenvalue weighted by Crippen LogP contribution is 2.38. The Morgan fingerprint density at radius 2 is 1.70 bits per heavy atom. The van der Waals surface area contributed by atoms with Gasteiger partial charge < -0.3 is 24.3 Å². The van der Waals surface area contributed by atoms with E-state index in [-0.39, 0.29) is 6.42 Å². The van der Waals surface area contributed by atoms with Gasteiger partial charge in [0.15, 0.2) is 18.1 Å². The quantitative estimate of drug-likeness (QED) is 0.689. The lowest BCUT2D eigenvalue weighted by atomic mass is 10.00. The zero-order chi connectivity index (χ0) is 19.9. The molecule has 0 saturated heterocycles. The number of carbonyl (C=O) groups excluding carboxylic acids is 2. The third-order valence-electron chi connectivity index (χ3n) is 4.49. The van der Waals surface area contributed by atoms with Crippen LogP contribution >= 0.6 is 0 Å². The summed E-state index contributed by atoms with van der Waals surface area (Å²) in [5.74, 6) is 0.229. The van der Waals surface area contributed by atoms with Crippen LogP contribution in [0, 0.1) is 11.3 Å². The zero-order valence-electron chi connectivity index (χ0n) is 15.8. The van der Waals surface area contributed by atoms with Crippen LogP contribution in [0.3, 0.4) is 0 Å². The van der Waals surface area contributed by atoms with Crippen LogP contribution in [0.25, 0.3) is 0 Å². The van der Waals surface area contributed by atoms with Gasteiger partial charge in [0, 0.05) is 0 Å². The molecule has 2 rings (SSSR count). The maximum Gasteiger partial charge on any atom is 0.310 e. The lowest BCUT2D eigenvalue weighted by molar-refractivity contribution is -0.148. The first kappa shape index (κ1) is 20.4. The standard InChI is InChI=1S/C19H24N2O6/c1-24-14-8-13(9-15(25-2)18(14)26-3)10-17(23)27-11-16(22)21-19(12-20)6-4-5-7-19/h8-9H,4-7,10-11H2,1-3H3,(H,21,22). The number of hydrogen-bond acceptors (Lipinski definition) is 7. The van der Waals surface area contributed by atoms with Crippen LogP contribution in [-0.2, 0) is 20.7 Å². The van der Waals surface area contributed by atoms with Gasteiger partial charge in [0.05, 0.1) is 33.8 Å². The number of benzene rings is 1. The second-order valence-electron chi connectivity index (χ2n) is 6.32. The molecule has 0 spiro atoms. The van der Waals surface area contributed by atoms with E-state index in [9.17, 15) is 14.9 Å². The van der Waals surface area contributed by atoms with Crippen LogP contribution in [0.2, 0.25) is 0 Å². The maximum absolute atomic E-state index is 12.1. The van der Waals surface area contributed by atoms with Crippen molar-refractivity contribution in [2.45, 2.75) is 37.6 Å². The minimum absolute atomic E-state index is 0.0621. The molecular weight excluding hydrogens is 352 g/mol. The second-order valence-corrected chi connectivity index (χ2v) is 6.32. The van der Waals surface area contributed by atoms with E-state index in [1.165, 1.54) is 21.3 Å². The number of nitrogens with zero attached hydrogens (tertiary/aromatic N) is 1. The van der Waals surface area contributed by atoms with Gasteiger partial charge in [0.1, 0.15) is 5.54 Å². The van der Waals surface area contributed by atoms with E-state index in [4.69, 9.17) is 18.9 Å². The molecule has 1 fully saturated rings. The fourth-order valence-corrected chi connectivity index (χ4v) is 3.15. The summed E-state index contributed by atoms with van der Waals surface area (Å²) < 4.78 is 20.8. The molecule has 0 radical (unpaired) electrons. The molecule has 1 aliphatic carbocycles. The Hall–Kier alpha value is -2.95. The molecule has 27 heavy (non-hydrogen) atoms. The van der Waals surface area contributed by atoms with Gasteiger partial charge in [-0.05, 0) is 43.4 Å².